The number of hydrogen-bond acceptors (Lipinski definition) is 2. The molecule has 1 aromatic carbocycles. The molecular weight excluding hydrogens is 359 g/mol. The van der Waals surface area contributed by atoms with Crippen molar-refractivity contribution < 1.29 is 49.0 Å². The van der Waals surface area contributed by atoms with E-state index in [1.807, 2.05) is 0 Å². The van der Waals surface area contributed by atoms with Gasteiger partial charge in [-0.05, 0) is 0 Å². The highest BCUT2D eigenvalue weighted by Crippen LogP contribution is 2.53. The summed E-state index contributed by atoms with van der Waals surface area (Å²) in [7, 11) is 0. The van der Waals surface area contributed by atoms with E-state index < -0.39 is 41.2 Å². The van der Waals surface area contributed by atoms with Gasteiger partial charge in [0.05, 0.1) is 0 Å². The number of rotatable bonds is 3. The fourth-order valence-corrected chi connectivity index (χ4v) is 1.65. The summed E-state index contributed by atoms with van der Waals surface area (Å²) in [6.07, 6.45) is -18.1. The van der Waals surface area contributed by atoms with Gasteiger partial charge in [0.2, 0.25) is 0 Å². The molecule has 0 atom stereocenters. The molecule has 1 aromatic rings. The summed E-state index contributed by atoms with van der Waals surface area (Å²) in [5, 5.41) is 0. The lowest BCUT2D eigenvalue weighted by atomic mass is 9.91. The second-order valence-electron chi connectivity index (χ2n) is 4.41. The number of alkyl halides is 9. The van der Waals surface area contributed by atoms with Crippen LogP contribution in [0.4, 0.5) is 39.5 Å². The quantitative estimate of drug-likeness (QED) is 0.442. The van der Waals surface area contributed by atoms with E-state index in [0.717, 1.165) is 18.2 Å². The number of ether oxygens (including phenoxy) is 1. The Labute approximate surface area is 128 Å². The van der Waals surface area contributed by atoms with Crippen LogP contribution < -0.4 is 0 Å². The van der Waals surface area contributed by atoms with Crippen molar-refractivity contribution in [3.8, 4) is 0 Å². The maximum atomic E-state index is 13.2. The second-order valence-corrected chi connectivity index (χ2v) is 4.41. The van der Waals surface area contributed by atoms with Crippen LogP contribution in [0.2, 0.25) is 0 Å². The van der Waals surface area contributed by atoms with Gasteiger partial charge in [0, 0.05) is 5.56 Å². The Morgan fingerprint density at radius 3 is 1.58 bits per heavy atom. The topological polar surface area (TPSA) is 26.3 Å². The molecule has 11 heteroatoms. The van der Waals surface area contributed by atoms with E-state index in [1.165, 1.54) is 0 Å². The van der Waals surface area contributed by atoms with Gasteiger partial charge in [0.25, 0.3) is 0 Å². The fraction of sp³-hybridized carbons (Fsp3) is 0.308. The molecule has 0 fully saturated rings. The first-order valence-corrected chi connectivity index (χ1v) is 5.83. The third-order valence-electron chi connectivity index (χ3n) is 2.81. The van der Waals surface area contributed by atoms with Crippen LogP contribution in [0, 0.1) is 0 Å². The third kappa shape index (κ3) is 3.49. The summed E-state index contributed by atoms with van der Waals surface area (Å²) in [5.41, 5.74) is -9.38. The largest absolute Gasteiger partial charge is 0.442 e. The molecule has 24 heavy (non-hydrogen) atoms. The second kappa shape index (κ2) is 6.02. The van der Waals surface area contributed by atoms with Crippen LogP contribution in [0.3, 0.4) is 0 Å². The smallest absolute Gasteiger partial charge is 0.431 e. The number of carbonyl (C=O) groups is 1. The molecule has 0 bridgehead atoms. The predicted molar refractivity (Wildman–Crippen MR) is 61.5 cm³/mol. The lowest BCUT2D eigenvalue weighted by Crippen LogP contribution is -2.57. The van der Waals surface area contributed by atoms with Gasteiger partial charge in [0.1, 0.15) is 5.57 Å². The maximum absolute atomic E-state index is 13.2. The molecule has 0 aliphatic carbocycles. The number of benzene rings is 1. The van der Waals surface area contributed by atoms with E-state index in [0.29, 0.717) is 12.1 Å². The number of carbonyl (C=O) groups excluding carboxylic acids is 1. The Morgan fingerprint density at radius 2 is 1.25 bits per heavy atom. The molecule has 0 radical (unpaired) electrons. The van der Waals surface area contributed by atoms with Crippen LogP contribution in [0.15, 0.2) is 42.5 Å². The minimum Gasteiger partial charge on any atom is -0.431 e. The zero-order valence-corrected chi connectivity index (χ0v) is 11.3. The van der Waals surface area contributed by atoms with Crippen LogP contribution in [0.5, 0.6) is 0 Å². The Hall–Kier alpha value is -2.20. The summed E-state index contributed by atoms with van der Waals surface area (Å²) in [5.74, 6) is -2.89. The third-order valence-corrected chi connectivity index (χ3v) is 2.81. The predicted octanol–water partition coefficient (Wildman–Crippen LogP) is 4.67. The molecule has 0 amide bonds. The number of hydrogen-bond donors (Lipinski definition) is 0. The first-order valence-electron chi connectivity index (χ1n) is 5.83. The van der Waals surface area contributed by atoms with Crippen LogP contribution in [-0.2, 0) is 15.1 Å². The molecule has 0 heterocycles. The van der Waals surface area contributed by atoms with Crippen molar-refractivity contribution in [2.24, 2.45) is 0 Å². The minimum atomic E-state index is -6.28. The number of halogens is 9. The van der Waals surface area contributed by atoms with Crippen LogP contribution in [-0.4, -0.2) is 24.5 Å². The zero-order valence-electron chi connectivity index (χ0n) is 11.3. The summed E-state index contributed by atoms with van der Waals surface area (Å²) < 4.78 is 119. The van der Waals surface area contributed by atoms with Gasteiger partial charge >= 0.3 is 30.1 Å². The SMILES string of the molecule is C=C(C(=O)OC(c1ccccc1)(C(F)(F)F)C(F)(F)F)C(F)(F)F. The van der Waals surface area contributed by atoms with Crippen molar-refractivity contribution in [2.45, 2.75) is 24.1 Å². The van der Waals surface area contributed by atoms with E-state index in [9.17, 15) is 44.3 Å². The van der Waals surface area contributed by atoms with Crippen molar-refractivity contribution in [1.82, 2.24) is 0 Å². The molecule has 0 aliphatic heterocycles. The average molecular weight is 366 g/mol. The summed E-state index contributed by atoms with van der Waals surface area (Å²) in [6, 6.07) is 3.26. The maximum Gasteiger partial charge on any atom is 0.442 e. The fourth-order valence-electron chi connectivity index (χ4n) is 1.65. The normalized spacial score (nSPS) is 13.5. The monoisotopic (exact) mass is 366 g/mol. The van der Waals surface area contributed by atoms with Crippen molar-refractivity contribution in [3.05, 3.63) is 48.0 Å². The molecule has 0 aliphatic rings. The zero-order chi connectivity index (χ0) is 19.0. The van der Waals surface area contributed by atoms with Gasteiger partial charge in [0.15, 0.2) is 0 Å². The Balaban J connectivity index is 3.56. The molecule has 0 spiro atoms. The van der Waals surface area contributed by atoms with Crippen molar-refractivity contribution in [2.75, 3.05) is 0 Å². The minimum absolute atomic E-state index is 0.324. The molecule has 0 saturated heterocycles. The highest BCUT2D eigenvalue weighted by Gasteiger charge is 2.75. The molecular formula is C13H7F9O2. The Kier molecular flexibility index (Phi) is 4.98. The van der Waals surface area contributed by atoms with Crippen LogP contribution >= 0.6 is 0 Å². The molecule has 0 N–H and O–H groups in total. The lowest BCUT2D eigenvalue weighted by Gasteiger charge is -2.37. The van der Waals surface area contributed by atoms with Gasteiger partial charge in [-0.1, -0.05) is 36.9 Å². The molecule has 134 valence electrons. The highest BCUT2D eigenvalue weighted by atomic mass is 19.4. The van der Waals surface area contributed by atoms with Crippen LogP contribution in [0.25, 0.3) is 0 Å². The summed E-state index contributed by atoms with van der Waals surface area (Å²) >= 11 is 0. The van der Waals surface area contributed by atoms with Crippen molar-refractivity contribution in [3.63, 3.8) is 0 Å². The van der Waals surface area contributed by atoms with E-state index in [1.54, 1.807) is 0 Å². The first kappa shape index (κ1) is 19.8. The molecule has 0 aromatic heterocycles. The van der Waals surface area contributed by atoms with Gasteiger partial charge < -0.3 is 4.74 Å². The molecule has 2 nitrogen and oxygen atoms in total. The molecule has 0 saturated carbocycles. The summed E-state index contributed by atoms with van der Waals surface area (Å²) in [4.78, 5) is 11.2. The molecule has 1 rings (SSSR count). The molecule has 0 unspecified atom stereocenters. The van der Waals surface area contributed by atoms with Gasteiger partial charge in [-0.25, -0.2) is 4.79 Å². The van der Waals surface area contributed by atoms with E-state index in [-0.39, 0.29) is 0 Å². The van der Waals surface area contributed by atoms with Crippen LogP contribution in [0.1, 0.15) is 5.56 Å². The van der Waals surface area contributed by atoms with Gasteiger partial charge in [-0.2, -0.15) is 39.5 Å². The first-order chi connectivity index (χ1) is 10.6. The number of esters is 1. The van der Waals surface area contributed by atoms with E-state index in [4.69, 9.17) is 0 Å². The standard InChI is InChI=1S/C13H7F9O2/c1-7(11(14,15)16)9(23)24-10(12(17,18)19,13(20,21)22)8-5-3-2-4-6-8/h2-6H,1H2. The van der Waals surface area contributed by atoms with Gasteiger partial charge in [-0.3, -0.25) is 0 Å². The lowest BCUT2D eigenvalue weighted by molar-refractivity contribution is -0.377. The van der Waals surface area contributed by atoms with Gasteiger partial charge in [-0.15, -0.1) is 0 Å². The van der Waals surface area contributed by atoms with Crippen molar-refractivity contribution in [1.29, 1.82) is 0 Å². The van der Waals surface area contributed by atoms with E-state index in [2.05, 4.69) is 11.3 Å². The average Bonchev–Trinajstić information content (AvgIpc) is 2.40. The Morgan fingerprint density at radius 1 is 0.833 bits per heavy atom. The summed E-state index contributed by atoms with van der Waals surface area (Å²) in [6.45, 7) is 2.13. The van der Waals surface area contributed by atoms with E-state index >= 15 is 0 Å². The van der Waals surface area contributed by atoms with Crippen molar-refractivity contribution >= 4 is 5.97 Å². The Bertz CT molecular complexity index is 597. The highest BCUT2D eigenvalue weighted by molar-refractivity contribution is 5.89.